The molecule has 5 heteroatoms. The van der Waals surface area contributed by atoms with Gasteiger partial charge in [-0.05, 0) is 44.8 Å². The van der Waals surface area contributed by atoms with E-state index in [-0.39, 0.29) is 10.8 Å². The number of nitrogens with zero attached hydrogens (tertiary/aromatic N) is 2. The summed E-state index contributed by atoms with van der Waals surface area (Å²) in [6.45, 7) is 6.22. The molecular formula is C16H25ClFN3. The molecule has 1 saturated heterocycles. The molecule has 0 spiro atoms. The highest BCUT2D eigenvalue weighted by atomic mass is 35.5. The van der Waals surface area contributed by atoms with Gasteiger partial charge in [-0.2, -0.15) is 0 Å². The molecule has 21 heavy (non-hydrogen) atoms. The van der Waals surface area contributed by atoms with E-state index in [1.807, 2.05) is 6.07 Å². The van der Waals surface area contributed by atoms with Crippen molar-refractivity contribution in [1.29, 1.82) is 0 Å². The van der Waals surface area contributed by atoms with Crippen LogP contribution in [-0.2, 0) is 6.42 Å². The Balaban J connectivity index is 2.12. The maximum absolute atomic E-state index is 13.6. The first-order valence-corrected chi connectivity index (χ1v) is 7.95. The van der Waals surface area contributed by atoms with Crippen molar-refractivity contribution < 1.29 is 4.39 Å². The maximum Gasteiger partial charge on any atom is 0.142 e. The molecule has 0 bridgehead atoms. The molecule has 1 fully saturated rings. The van der Waals surface area contributed by atoms with Crippen molar-refractivity contribution in [1.82, 2.24) is 15.1 Å². The van der Waals surface area contributed by atoms with Gasteiger partial charge >= 0.3 is 0 Å². The molecule has 2 rings (SSSR count). The summed E-state index contributed by atoms with van der Waals surface area (Å²) in [6.07, 6.45) is 0.810. The number of halogens is 2. The van der Waals surface area contributed by atoms with Gasteiger partial charge in [0, 0.05) is 31.7 Å². The first kappa shape index (κ1) is 16.7. The Morgan fingerprint density at radius 3 is 2.81 bits per heavy atom. The van der Waals surface area contributed by atoms with Crippen LogP contribution in [0.2, 0.25) is 5.02 Å². The van der Waals surface area contributed by atoms with Crippen molar-refractivity contribution in [3.63, 3.8) is 0 Å². The number of likely N-dealkylation sites (N-methyl/N-ethyl adjacent to an activating group) is 3. The number of rotatable bonds is 5. The summed E-state index contributed by atoms with van der Waals surface area (Å²) in [7, 11) is 4.33. The summed E-state index contributed by atoms with van der Waals surface area (Å²) >= 11 is 5.76. The van der Waals surface area contributed by atoms with Gasteiger partial charge in [0.25, 0.3) is 0 Å². The lowest BCUT2D eigenvalue weighted by molar-refractivity contribution is 0.0881. The van der Waals surface area contributed by atoms with E-state index in [9.17, 15) is 4.39 Å². The smallest absolute Gasteiger partial charge is 0.142 e. The minimum atomic E-state index is -0.335. The highest BCUT2D eigenvalue weighted by Crippen LogP contribution is 2.19. The van der Waals surface area contributed by atoms with Crippen LogP contribution in [0.4, 0.5) is 4.39 Å². The van der Waals surface area contributed by atoms with E-state index in [1.165, 1.54) is 0 Å². The molecular weight excluding hydrogens is 289 g/mol. The fraction of sp³-hybridized carbons (Fsp3) is 0.625. The second-order valence-electron chi connectivity index (χ2n) is 5.93. The molecule has 0 aromatic heterocycles. The van der Waals surface area contributed by atoms with Crippen molar-refractivity contribution in [2.24, 2.45) is 0 Å². The molecule has 0 radical (unpaired) electrons. The van der Waals surface area contributed by atoms with Gasteiger partial charge in [0.05, 0.1) is 5.02 Å². The molecule has 1 heterocycles. The molecule has 1 aromatic rings. The van der Waals surface area contributed by atoms with Crippen LogP contribution in [0.25, 0.3) is 0 Å². The predicted molar refractivity (Wildman–Crippen MR) is 86.5 cm³/mol. The second kappa shape index (κ2) is 7.54. The summed E-state index contributed by atoms with van der Waals surface area (Å²) in [5.74, 6) is -0.335. The van der Waals surface area contributed by atoms with Crippen LogP contribution in [0.5, 0.6) is 0 Å². The summed E-state index contributed by atoms with van der Waals surface area (Å²) in [5.41, 5.74) is 0.990. The molecule has 0 aliphatic carbocycles. The van der Waals surface area contributed by atoms with Crippen LogP contribution in [-0.4, -0.2) is 62.2 Å². The monoisotopic (exact) mass is 313 g/mol. The third kappa shape index (κ3) is 4.39. The number of benzene rings is 1. The van der Waals surface area contributed by atoms with E-state index in [0.717, 1.165) is 38.2 Å². The highest BCUT2D eigenvalue weighted by Gasteiger charge is 2.29. The van der Waals surface area contributed by atoms with Crippen molar-refractivity contribution in [3.8, 4) is 0 Å². The van der Waals surface area contributed by atoms with Crippen molar-refractivity contribution in [3.05, 3.63) is 34.6 Å². The first-order valence-electron chi connectivity index (χ1n) is 7.57. The fourth-order valence-corrected chi connectivity index (χ4v) is 3.12. The van der Waals surface area contributed by atoms with Gasteiger partial charge in [0.15, 0.2) is 0 Å². The van der Waals surface area contributed by atoms with Crippen LogP contribution in [0, 0.1) is 5.82 Å². The third-order valence-electron chi connectivity index (χ3n) is 4.27. The molecule has 2 unspecified atom stereocenters. The van der Waals surface area contributed by atoms with Gasteiger partial charge < -0.3 is 10.2 Å². The lowest BCUT2D eigenvalue weighted by Crippen LogP contribution is -2.59. The zero-order chi connectivity index (χ0) is 15.4. The van der Waals surface area contributed by atoms with Crippen LogP contribution < -0.4 is 5.32 Å². The highest BCUT2D eigenvalue weighted by molar-refractivity contribution is 6.30. The largest absolute Gasteiger partial charge is 0.312 e. The van der Waals surface area contributed by atoms with E-state index in [2.05, 4.69) is 36.1 Å². The molecule has 1 aromatic carbocycles. The van der Waals surface area contributed by atoms with Gasteiger partial charge in [-0.25, -0.2) is 4.39 Å². The van der Waals surface area contributed by atoms with Gasteiger partial charge in [-0.15, -0.1) is 0 Å². The average molecular weight is 314 g/mol. The van der Waals surface area contributed by atoms with E-state index in [1.54, 1.807) is 12.1 Å². The first-order chi connectivity index (χ1) is 10.0. The molecule has 1 N–H and O–H groups in total. The van der Waals surface area contributed by atoms with Crippen LogP contribution in [0.1, 0.15) is 12.5 Å². The second-order valence-corrected chi connectivity index (χ2v) is 6.33. The maximum atomic E-state index is 13.6. The quantitative estimate of drug-likeness (QED) is 0.899. The van der Waals surface area contributed by atoms with E-state index in [0.29, 0.717) is 12.1 Å². The number of hydrogen-bond donors (Lipinski definition) is 1. The lowest BCUT2D eigenvalue weighted by Gasteiger charge is -2.42. The molecule has 0 saturated carbocycles. The van der Waals surface area contributed by atoms with Crippen molar-refractivity contribution >= 4 is 11.6 Å². The van der Waals surface area contributed by atoms with E-state index < -0.39 is 0 Å². The summed E-state index contributed by atoms with van der Waals surface area (Å²) in [6, 6.07) is 5.86. The minimum Gasteiger partial charge on any atom is -0.312 e. The lowest BCUT2D eigenvalue weighted by atomic mass is 9.96. The Morgan fingerprint density at radius 1 is 1.38 bits per heavy atom. The standard InChI is InChI=1S/C16H25ClFN3/c1-4-19-15(16-11-20(2)7-8-21(16)3)10-12-5-6-13(17)14(18)9-12/h5-6,9,15-16,19H,4,7-8,10-11H2,1-3H3. The zero-order valence-electron chi connectivity index (χ0n) is 13.1. The Kier molecular flexibility index (Phi) is 5.99. The van der Waals surface area contributed by atoms with Gasteiger partial charge in [0.1, 0.15) is 5.82 Å². The van der Waals surface area contributed by atoms with E-state index in [4.69, 9.17) is 11.6 Å². The van der Waals surface area contributed by atoms with Gasteiger partial charge in [-0.1, -0.05) is 24.6 Å². The Labute approximate surface area is 132 Å². The SMILES string of the molecule is CCNC(Cc1ccc(Cl)c(F)c1)C1CN(C)CCN1C. The Morgan fingerprint density at radius 2 is 2.14 bits per heavy atom. The predicted octanol–water partition coefficient (Wildman–Crippen LogP) is 2.25. The molecule has 3 nitrogen and oxygen atoms in total. The minimum absolute atomic E-state index is 0.188. The zero-order valence-corrected chi connectivity index (χ0v) is 13.8. The Bertz CT molecular complexity index is 469. The summed E-state index contributed by atoms with van der Waals surface area (Å²) in [4.78, 5) is 4.76. The number of piperazine rings is 1. The Hall–Kier alpha value is -0.680. The summed E-state index contributed by atoms with van der Waals surface area (Å²) in [5, 5.41) is 3.75. The van der Waals surface area contributed by atoms with Crippen LogP contribution in [0.3, 0.4) is 0 Å². The van der Waals surface area contributed by atoms with E-state index >= 15 is 0 Å². The average Bonchev–Trinajstić information content (AvgIpc) is 2.45. The normalized spacial score (nSPS) is 22.4. The molecule has 1 aliphatic heterocycles. The molecule has 118 valence electrons. The van der Waals surface area contributed by atoms with Gasteiger partial charge in [-0.3, -0.25) is 4.90 Å². The summed E-state index contributed by atoms with van der Waals surface area (Å²) < 4.78 is 13.6. The third-order valence-corrected chi connectivity index (χ3v) is 4.58. The van der Waals surface area contributed by atoms with Crippen molar-refractivity contribution in [2.45, 2.75) is 25.4 Å². The van der Waals surface area contributed by atoms with Gasteiger partial charge in [0.2, 0.25) is 0 Å². The van der Waals surface area contributed by atoms with Crippen LogP contribution >= 0.6 is 11.6 Å². The number of hydrogen-bond acceptors (Lipinski definition) is 3. The number of nitrogens with one attached hydrogen (secondary N) is 1. The molecule has 1 aliphatic rings. The fourth-order valence-electron chi connectivity index (χ4n) is 3.01. The van der Waals surface area contributed by atoms with Crippen LogP contribution in [0.15, 0.2) is 18.2 Å². The van der Waals surface area contributed by atoms with Crippen molar-refractivity contribution in [2.75, 3.05) is 40.3 Å². The molecule has 0 amide bonds. The molecule has 2 atom stereocenters. The topological polar surface area (TPSA) is 18.5 Å².